The Hall–Kier alpha value is -1.59. The van der Waals surface area contributed by atoms with Gasteiger partial charge in [-0.25, -0.2) is 0 Å². The molecule has 1 aliphatic heterocycles. The third kappa shape index (κ3) is 3.24. The van der Waals surface area contributed by atoms with Gasteiger partial charge >= 0.3 is 0 Å². The van der Waals surface area contributed by atoms with Crippen molar-refractivity contribution in [2.24, 2.45) is 0 Å². The van der Waals surface area contributed by atoms with Crippen LogP contribution in [-0.4, -0.2) is 38.4 Å². The van der Waals surface area contributed by atoms with Crippen LogP contribution in [0.5, 0.6) is 0 Å². The maximum Gasteiger partial charge on any atom is 0.251 e. The van der Waals surface area contributed by atoms with E-state index in [0.717, 1.165) is 12.0 Å². The minimum atomic E-state index is -0.398. The lowest BCUT2D eigenvalue weighted by molar-refractivity contribution is -0.0148. The van der Waals surface area contributed by atoms with Gasteiger partial charge in [-0.05, 0) is 30.7 Å². The maximum atomic E-state index is 12.1. The second-order valence-electron chi connectivity index (χ2n) is 5.00. The van der Waals surface area contributed by atoms with E-state index in [2.05, 4.69) is 5.32 Å². The predicted molar refractivity (Wildman–Crippen MR) is 73.1 cm³/mol. The highest BCUT2D eigenvalue weighted by Crippen LogP contribution is 2.21. The number of anilines is 1. The van der Waals surface area contributed by atoms with Crippen molar-refractivity contribution in [1.82, 2.24) is 5.32 Å². The number of nitrogens with two attached hydrogens (primary N) is 1. The molecule has 0 aliphatic carbocycles. The zero-order valence-corrected chi connectivity index (χ0v) is 11.4. The summed E-state index contributed by atoms with van der Waals surface area (Å²) in [7, 11) is 1.64. The molecule has 0 spiro atoms. The molecule has 1 heterocycles. The Morgan fingerprint density at radius 1 is 1.53 bits per heavy atom. The lowest BCUT2D eigenvalue weighted by Gasteiger charge is -2.25. The quantitative estimate of drug-likeness (QED) is 0.799. The molecule has 0 saturated carbocycles. The van der Waals surface area contributed by atoms with Gasteiger partial charge in [0.1, 0.15) is 5.60 Å². The van der Waals surface area contributed by atoms with E-state index in [-0.39, 0.29) is 5.91 Å². The summed E-state index contributed by atoms with van der Waals surface area (Å²) in [6.45, 7) is 3.53. The molecule has 1 unspecified atom stereocenters. The third-order valence-electron chi connectivity index (χ3n) is 3.43. The number of hydrogen-bond acceptors (Lipinski definition) is 4. The van der Waals surface area contributed by atoms with E-state index < -0.39 is 5.60 Å². The first-order valence-corrected chi connectivity index (χ1v) is 6.33. The van der Waals surface area contributed by atoms with E-state index in [1.807, 2.05) is 19.1 Å². The summed E-state index contributed by atoms with van der Waals surface area (Å²) >= 11 is 0. The van der Waals surface area contributed by atoms with Crippen LogP contribution in [0, 0.1) is 6.92 Å². The van der Waals surface area contributed by atoms with Crippen LogP contribution in [0.1, 0.15) is 22.3 Å². The fourth-order valence-electron chi connectivity index (χ4n) is 2.25. The minimum Gasteiger partial charge on any atom is -0.399 e. The van der Waals surface area contributed by atoms with Gasteiger partial charge in [0.05, 0.1) is 6.61 Å². The molecule has 1 atom stereocenters. The van der Waals surface area contributed by atoms with E-state index in [1.54, 1.807) is 13.2 Å². The number of carbonyl (C=O) groups is 1. The van der Waals surface area contributed by atoms with Crippen LogP contribution in [0.3, 0.4) is 0 Å². The Morgan fingerprint density at radius 2 is 2.32 bits per heavy atom. The van der Waals surface area contributed by atoms with Gasteiger partial charge < -0.3 is 20.5 Å². The lowest BCUT2D eigenvalue weighted by atomic mass is 10.0. The van der Waals surface area contributed by atoms with Crippen molar-refractivity contribution in [3.63, 3.8) is 0 Å². The van der Waals surface area contributed by atoms with Crippen LogP contribution >= 0.6 is 0 Å². The summed E-state index contributed by atoms with van der Waals surface area (Å²) in [6, 6.07) is 5.32. The first-order chi connectivity index (χ1) is 9.04. The van der Waals surface area contributed by atoms with Crippen molar-refractivity contribution in [1.29, 1.82) is 0 Å². The van der Waals surface area contributed by atoms with Gasteiger partial charge in [0.2, 0.25) is 0 Å². The number of rotatable bonds is 4. The third-order valence-corrected chi connectivity index (χ3v) is 3.43. The molecule has 1 saturated heterocycles. The molecule has 1 aromatic rings. The van der Waals surface area contributed by atoms with Crippen LogP contribution in [0.25, 0.3) is 0 Å². The molecule has 0 radical (unpaired) electrons. The molecular weight excluding hydrogens is 244 g/mol. The monoisotopic (exact) mass is 264 g/mol. The smallest absolute Gasteiger partial charge is 0.251 e. The molecule has 1 amide bonds. The number of amides is 1. The molecule has 104 valence electrons. The van der Waals surface area contributed by atoms with E-state index in [4.69, 9.17) is 15.2 Å². The van der Waals surface area contributed by atoms with Crippen molar-refractivity contribution in [2.45, 2.75) is 18.9 Å². The van der Waals surface area contributed by atoms with Gasteiger partial charge in [0.25, 0.3) is 5.91 Å². The van der Waals surface area contributed by atoms with Crippen molar-refractivity contribution >= 4 is 11.6 Å². The summed E-state index contributed by atoms with van der Waals surface area (Å²) in [5, 5.41) is 2.89. The van der Waals surface area contributed by atoms with Crippen LogP contribution in [-0.2, 0) is 9.47 Å². The molecule has 3 N–H and O–H groups in total. The largest absolute Gasteiger partial charge is 0.399 e. The van der Waals surface area contributed by atoms with E-state index in [1.165, 1.54) is 0 Å². The number of benzene rings is 1. The molecule has 1 fully saturated rings. The highest BCUT2D eigenvalue weighted by Gasteiger charge is 2.35. The molecule has 5 heteroatoms. The summed E-state index contributed by atoms with van der Waals surface area (Å²) in [4.78, 5) is 12.1. The molecule has 1 aliphatic rings. The summed E-state index contributed by atoms with van der Waals surface area (Å²) in [6.07, 6.45) is 0.791. The van der Waals surface area contributed by atoms with Crippen LogP contribution in [0.15, 0.2) is 18.2 Å². The van der Waals surface area contributed by atoms with Crippen LogP contribution in [0.2, 0.25) is 0 Å². The molecule has 2 rings (SSSR count). The first-order valence-electron chi connectivity index (χ1n) is 6.33. The Kier molecular flexibility index (Phi) is 4.07. The lowest BCUT2D eigenvalue weighted by Crippen LogP contribution is -2.45. The number of methoxy groups -OCH3 is 1. The maximum absolute atomic E-state index is 12.1. The minimum absolute atomic E-state index is 0.140. The fraction of sp³-hybridized carbons (Fsp3) is 0.500. The second-order valence-corrected chi connectivity index (χ2v) is 5.00. The van der Waals surface area contributed by atoms with Crippen molar-refractivity contribution in [2.75, 3.05) is 32.6 Å². The van der Waals surface area contributed by atoms with E-state index >= 15 is 0 Å². The van der Waals surface area contributed by atoms with Crippen molar-refractivity contribution < 1.29 is 14.3 Å². The topological polar surface area (TPSA) is 73.6 Å². The highest BCUT2D eigenvalue weighted by atomic mass is 16.5. The number of hydrogen-bond donors (Lipinski definition) is 2. The van der Waals surface area contributed by atoms with Crippen molar-refractivity contribution in [3.05, 3.63) is 29.3 Å². The summed E-state index contributed by atoms with van der Waals surface area (Å²) in [5.41, 5.74) is 7.48. The molecule has 0 aromatic heterocycles. The number of nitrogens with one attached hydrogen (secondary N) is 1. The van der Waals surface area contributed by atoms with Crippen LogP contribution < -0.4 is 11.1 Å². The normalized spacial score (nSPS) is 22.4. The van der Waals surface area contributed by atoms with Gasteiger partial charge in [-0.2, -0.15) is 0 Å². The van der Waals surface area contributed by atoms with Crippen molar-refractivity contribution in [3.8, 4) is 0 Å². The number of aryl methyl sites for hydroxylation is 1. The number of carbonyl (C=O) groups excluding carboxylic acids is 1. The zero-order chi connectivity index (χ0) is 13.9. The van der Waals surface area contributed by atoms with Gasteiger partial charge in [0, 0.05) is 37.9 Å². The second kappa shape index (κ2) is 5.59. The standard InChI is InChI=1S/C14H20N2O3/c1-10-5-11(7-12(15)6-10)13(17)16-8-14(18-2)3-4-19-9-14/h5-7H,3-4,8-9,15H2,1-2H3,(H,16,17). The number of ether oxygens (including phenoxy) is 2. The SMILES string of the molecule is COC1(CNC(=O)c2cc(C)cc(N)c2)CCOC1. The average molecular weight is 264 g/mol. The highest BCUT2D eigenvalue weighted by molar-refractivity contribution is 5.95. The Bertz CT molecular complexity index is 448. The molecule has 5 nitrogen and oxygen atoms in total. The summed E-state index contributed by atoms with van der Waals surface area (Å²) < 4.78 is 10.8. The van der Waals surface area contributed by atoms with Gasteiger partial charge in [-0.15, -0.1) is 0 Å². The zero-order valence-electron chi connectivity index (χ0n) is 11.4. The Labute approximate surface area is 113 Å². The van der Waals surface area contributed by atoms with Gasteiger partial charge in [-0.3, -0.25) is 4.79 Å². The number of nitrogen functional groups attached to an aromatic ring is 1. The average Bonchev–Trinajstić information content (AvgIpc) is 2.84. The predicted octanol–water partition coefficient (Wildman–Crippen LogP) is 1.11. The van der Waals surface area contributed by atoms with Gasteiger partial charge in [0.15, 0.2) is 0 Å². The molecular formula is C14H20N2O3. The van der Waals surface area contributed by atoms with Gasteiger partial charge in [-0.1, -0.05) is 0 Å². The Morgan fingerprint density at radius 3 is 2.89 bits per heavy atom. The Balaban J connectivity index is 2.01. The molecule has 0 bridgehead atoms. The van der Waals surface area contributed by atoms with E-state index in [9.17, 15) is 4.79 Å². The first kappa shape index (κ1) is 13.8. The van der Waals surface area contributed by atoms with Crippen LogP contribution in [0.4, 0.5) is 5.69 Å². The molecule has 19 heavy (non-hydrogen) atoms. The fourth-order valence-corrected chi connectivity index (χ4v) is 2.25. The summed E-state index contributed by atoms with van der Waals surface area (Å²) in [5.74, 6) is -0.140. The van der Waals surface area contributed by atoms with E-state index in [0.29, 0.717) is 31.0 Å². The molecule has 1 aromatic carbocycles.